The van der Waals surface area contributed by atoms with Gasteiger partial charge in [0.1, 0.15) is 12.6 Å². The first-order valence-corrected chi connectivity index (χ1v) is 13.4. The second kappa shape index (κ2) is 11.3. The molecule has 2 heterocycles. The third kappa shape index (κ3) is 5.33. The second-order valence-corrected chi connectivity index (χ2v) is 9.98. The van der Waals surface area contributed by atoms with Gasteiger partial charge in [-0.05, 0) is 54.7 Å². The molecule has 1 unspecified atom stereocenters. The molecule has 3 aliphatic rings. The minimum Gasteiger partial charge on any atom is -0.493 e. The molecule has 198 valence electrons. The van der Waals surface area contributed by atoms with Crippen LogP contribution in [0.5, 0.6) is 23.0 Å². The van der Waals surface area contributed by atoms with Gasteiger partial charge in [-0.1, -0.05) is 44.7 Å². The molecule has 8 heteroatoms. The monoisotopic (exact) mass is 508 g/mol. The van der Waals surface area contributed by atoms with E-state index in [1.54, 1.807) is 12.0 Å². The summed E-state index contributed by atoms with van der Waals surface area (Å²) < 4.78 is 22.4. The number of piperazine rings is 1. The lowest BCUT2D eigenvalue weighted by atomic mass is 9.96. The zero-order valence-corrected chi connectivity index (χ0v) is 21.7. The Balaban J connectivity index is 1.49. The third-order valence-electron chi connectivity index (χ3n) is 7.48. The molecular formula is C29H36N2O6. The van der Waals surface area contributed by atoms with E-state index in [0.29, 0.717) is 36.1 Å². The number of benzene rings is 2. The highest BCUT2D eigenvalue weighted by Gasteiger charge is 2.43. The first-order valence-electron chi connectivity index (χ1n) is 13.4. The average molecular weight is 509 g/mol. The SMILES string of the molecule is CCCOc1ccc(C2C(=O)N(C3CCCCCC3)CC(=O)N2Cc2ccc3c(c2)OCO3)cc1OC. The first kappa shape index (κ1) is 25.2. The average Bonchev–Trinajstić information content (AvgIpc) is 3.21. The number of fused-ring (bicyclic) bond motifs is 1. The van der Waals surface area contributed by atoms with Gasteiger partial charge < -0.3 is 28.7 Å². The number of carbonyl (C=O) groups is 2. The highest BCUT2D eigenvalue weighted by atomic mass is 16.7. The van der Waals surface area contributed by atoms with Gasteiger partial charge in [-0.25, -0.2) is 0 Å². The standard InChI is InChI=1S/C29H36N2O6/c1-3-14-35-23-13-11-21(16-25(23)34-2)28-29(33)30(22-8-6-4-5-7-9-22)18-27(32)31(28)17-20-10-12-24-26(15-20)37-19-36-24/h10-13,15-16,22,28H,3-9,14,17-19H2,1-2H3. The summed E-state index contributed by atoms with van der Waals surface area (Å²) in [5.74, 6) is 2.44. The lowest BCUT2D eigenvalue weighted by molar-refractivity contribution is -0.159. The van der Waals surface area contributed by atoms with E-state index in [1.807, 2.05) is 48.2 Å². The van der Waals surface area contributed by atoms with Crippen molar-refractivity contribution in [3.8, 4) is 23.0 Å². The van der Waals surface area contributed by atoms with Crippen LogP contribution in [0.1, 0.15) is 69.0 Å². The molecule has 1 saturated heterocycles. The molecule has 0 spiro atoms. The maximum atomic E-state index is 14.1. The zero-order chi connectivity index (χ0) is 25.8. The van der Waals surface area contributed by atoms with Gasteiger partial charge in [0.25, 0.3) is 5.91 Å². The van der Waals surface area contributed by atoms with Gasteiger partial charge in [0, 0.05) is 12.6 Å². The highest BCUT2D eigenvalue weighted by molar-refractivity contribution is 5.96. The molecule has 2 fully saturated rings. The molecule has 2 aromatic rings. The van der Waals surface area contributed by atoms with E-state index >= 15 is 0 Å². The number of hydrogen-bond acceptors (Lipinski definition) is 6. The van der Waals surface area contributed by atoms with E-state index < -0.39 is 6.04 Å². The molecule has 1 saturated carbocycles. The van der Waals surface area contributed by atoms with Crippen molar-refractivity contribution in [1.29, 1.82) is 0 Å². The fourth-order valence-corrected chi connectivity index (χ4v) is 5.55. The van der Waals surface area contributed by atoms with Gasteiger partial charge in [0.2, 0.25) is 12.7 Å². The molecule has 1 atom stereocenters. The summed E-state index contributed by atoms with van der Waals surface area (Å²) in [6.07, 6.45) is 7.31. The van der Waals surface area contributed by atoms with Gasteiger partial charge in [0.15, 0.2) is 23.0 Å². The van der Waals surface area contributed by atoms with Gasteiger partial charge in [0.05, 0.1) is 13.7 Å². The van der Waals surface area contributed by atoms with Crippen LogP contribution in [0.4, 0.5) is 0 Å². The van der Waals surface area contributed by atoms with E-state index in [1.165, 1.54) is 12.8 Å². The quantitative estimate of drug-likeness (QED) is 0.475. The molecule has 37 heavy (non-hydrogen) atoms. The number of rotatable bonds is 8. The van der Waals surface area contributed by atoms with Crippen molar-refractivity contribution in [2.45, 2.75) is 70.5 Å². The van der Waals surface area contributed by atoms with Crippen molar-refractivity contribution in [2.75, 3.05) is 27.1 Å². The van der Waals surface area contributed by atoms with Crippen LogP contribution < -0.4 is 18.9 Å². The molecule has 8 nitrogen and oxygen atoms in total. The molecule has 0 N–H and O–H groups in total. The van der Waals surface area contributed by atoms with Crippen LogP contribution in [0.25, 0.3) is 0 Å². The van der Waals surface area contributed by atoms with Gasteiger partial charge >= 0.3 is 0 Å². The number of carbonyl (C=O) groups excluding carboxylic acids is 2. The second-order valence-electron chi connectivity index (χ2n) is 9.98. The number of ether oxygens (including phenoxy) is 4. The van der Waals surface area contributed by atoms with Gasteiger partial charge in [-0.3, -0.25) is 9.59 Å². The Morgan fingerprint density at radius 1 is 0.946 bits per heavy atom. The predicted octanol–water partition coefficient (Wildman–Crippen LogP) is 4.85. The Bertz CT molecular complexity index is 1130. The molecule has 0 aromatic heterocycles. The zero-order valence-electron chi connectivity index (χ0n) is 21.7. The number of methoxy groups -OCH3 is 1. The maximum absolute atomic E-state index is 14.1. The van der Waals surface area contributed by atoms with E-state index in [0.717, 1.165) is 43.2 Å². The number of hydrogen-bond donors (Lipinski definition) is 0. The molecular weight excluding hydrogens is 472 g/mol. The largest absolute Gasteiger partial charge is 0.493 e. The normalized spacial score (nSPS) is 20.2. The van der Waals surface area contributed by atoms with Crippen molar-refractivity contribution in [1.82, 2.24) is 9.80 Å². The smallest absolute Gasteiger partial charge is 0.250 e. The molecule has 5 rings (SSSR count). The molecule has 0 bridgehead atoms. The molecule has 0 radical (unpaired) electrons. The number of nitrogens with zero attached hydrogens (tertiary/aromatic N) is 2. The van der Waals surface area contributed by atoms with Crippen molar-refractivity contribution in [3.05, 3.63) is 47.5 Å². The van der Waals surface area contributed by atoms with E-state index in [-0.39, 0.29) is 31.2 Å². The number of amides is 2. The highest BCUT2D eigenvalue weighted by Crippen LogP contribution is 2.38. The maximum Gasteiger partial charge on any atom is 0.250 e. The fourth-order valence-electron chi connectivity index (χ4n) is 5.55. The Morgan fingerprint density at radius 2 is 1.73 bits per heavy atom. The van der Waals surface area contributed by atoms with E-state index in [9.17, 15) is 9.59 Å². The molecule has 2 aliphatic heterocycles. The predicted molar refractivity (Wildman–Crippen MR) is 138 cm³/mol. The van der Waals surface area contributed by atoms with Crippen LogP contribution >= 0.6 is 0 Å². The summed E-state index contributed by atoms with van der Waals surface area (Å²) >= 11 is 0. The van der Waals surface area contributed by atoms with Gasteiger partial charge in [-0.15, -0.1) is 0 Å². The molecule has 1 aliphatic carbocycles. The molecule has 2 aromatic carbocycles. The van der Waals surface area contributed by atoms with Crippen molar-refractivity contribution < 1.29 is 28.5 Å². The van der Waals surface area contributed by atoms with Crippen molar-refractivity contribution in [2.24, 2.45) is 0 Å². The van der Waals surface area contributed by atoms with Crippen LogP contribution in [-0.2, 0) is 16.1 Å². The Labute approximate surface area is 218 Å². The van der Waals surface area contributed by atoms with Crippen LogP contribution in [0.3, 0.4) is 0 Å². The summed E-state index contributed by atoms with van der Waals surface area (Å²) in [7, 11) is 1.59. The van der Waals surface area contributed by atoms with Crippen molar-refractivity contribution in [3.63, 3.8) is 0 Å². The first-order chi connectivity index (χ1) is 18.1. The third-order valence-corrected chi connectivity index (χ3v) is 7.48. The summed E-state index contributed by atoms with van der Waals surface area (Å²) in [6.45, 7) is 3.21. The summed E-state index contributed by atoms with van der Waals surface area (Å²) in [6, 6.07) is 10.6. The minimum atomic E-state index is -0.746. The fraction of sp³-hybridized carbons (Fsp3) is 0.517. The van der Waals surface area contributed by atoms with E-state index in [2.05, 4.69) is 0 Å². The van der Waals surface area contributed by atoms with Crippen LogP contribution in [0.15, 0.2) is 36.4 Å². The lowest BCUT2D eigenvalue weighted by Gasteiger charge is -2.43. The Morgan fingerprint density at radius 3 is 2.49 bits per heavy atom. The van der Waals surface area contributed by atoms with Crippen molar-refractivity contribution >= 4 is 11.8 Å². The van der Waals surface area contributed by atoms with Gasteiger partial charge in [-0.2, -0.15) is 0 Å². The molecule has 2 amide bonds. The lowest BCUT2D eigenvalue weighted by Crippen LogP contribution is -2.57. The summed E-state index contributed by atoms with van der Waals surface area (Å²) in [5.41, 5.74) is 1.60. The Hall–Kier alpha value is -3.42. The summed E-state index contributed by atoms with van der Waals surface area (Å²) in [5, 5.41) is 0. The van der Waals surface area contributed by atoms with E-state index in [4.69, 9.17) is 18.9 Å². The summed E-state index contributed by atoms with van der Waals surface area (Å²) in [4.78, 5) is 31.4. The van der Waals surface area contributed by atoms with Crippen LogP contribution in [-0.4, -0.2) is 54.7 Å². The van der Waals surface area contributed by atoms with Crippen LogP contribution in [0.2, 0.25) is 0 Å². The topological polar surface area (TPSA) is 77.5 Å². The minimum absolute atomic E-state index is 0.0310. The Kier molecular flexibility index (Phi) is 7.72. The van der Waals surface area contributed by atoms with Crippen LogP contribution in [0, 0.1) is 0 Å².